The summed E-state index contributed by atoms with van der Waals surface area (Å²) in [5.74, 6) is -0.537. The Morgan fingerprint density at radius 2 is 1.84 bits per heavy atom. The number of likely N-dealkylation sites (N-methyl/N-ethyl adjacent to an activating group) is 1. The fourth-order valence-corrected chi connectivity index (χ4v) is 5.60. The van der Waals surface area contributed by atoms with Crippen molar-refractivity contribution >= 4 is 5.97 Å². The third kappa shape index (κ3) is 5.18. The molecule has 0 spiro atoms. The van der Waals surface area contributed by atoms with Crippen LogP contribution in [0, 0.1) is 5.92 Å². The number of benzene rings is 1. The van der Waals surface area contributed by atoms with Gasteiger partial charge < -0.3 is 14.3 Å². The zero-order valence-corrected chi connectivity index (χ0v) is 19.2. The average Bonchev–Trinajstić information content (AvgIpc) is 3.35. The van der Waals surface area contributed by atoms with E-state index in [1.54, 1.807) is 6.33 Å². The van der Waals surface area contributed by atoms with Crippen LogP contribution in [0.1, 0.15) is 56.1 Å². The number of rotatable bonds is 8. The Morgan fingerprint density at radius 1 is 1.12 bits per heavy atom. The first kappa shape index (κ1) is 22.9. The number of piperidine rings is 1. The maximum Gasteiger partial charge on any atom is 0.343 e. The average molecular weight is 439 g/mol. The van der Waals surface area contributed by atoms with Crippen molar-refractivity contribution in [1.29, 1.82) is 0 Å². The van der Waals surface area contributed by atoms with E-state index in [1.807, 2.05) is 42.7 Å². The Morgan fingerprint density at radius 3 is 2.56 bits per heavy atom. The topological polar surface area (TPSA) is 72.3 Å². The quantitative estimate of drug-likeness (QED) is 0.503. The molecule has 0 radical (unpaired) electrons. The lowest BCUT2D eigenvalue weighted by molar-refractivity contribution is -0.917. The third-order valence-electron chi connectivity index (χ3n) is 7.39. The summed E-state index contributed by atoms with van der Waals surface area (Å²) in [4.78, 5) is 21.6. The third-order valence-corrected chi connectivity index (χ3v) is 7.39. The molecule has 1 aromatic heterocycles. The molecule has 1 saturated carbocycles. The first-order chi connectivity index (χ1) is 15.5. The highest BCUT2D eigenvalue weighted by atomic mass is 16.6. The number of aromatic nitrogens is 2. The number of ether oxygens (including phenoxy) is 1. The van der Waals surface area contributed by atoms with Crippen LogP contribution in [0.25, 0.3) is 0 Å². The van der Waals surface area contributed by atoms with Crippen LogP contribution in [-0.4, -0.2) is 58.3 Å². The minimum Gasteiger partial charge on any atom is -0.454 e. The van der Waals surface area contributed by atoms with Crippen LogP contribution < -0.4 is 0 Å². The van der Waals surface area contributed by atoms with Crippen LogP contribution in [0.2, 0.25) is 0 Å². The van der Waals surface area contributed by atoms with Crippen LogP contribution >= 0.6 is 0 Å². The number of likely N-dealkylation sites (tertiary alicyclic amines) is 1. The van der Waals surface area contributed by atoms with Crippen molar-refractivity contribution in [3.8, 4) is 0 Å². The Labute approximate surface area is 191 Å². The Balaban J connectivity index is 1.40. The molecule has 3 unspecified atom stereocenters. The monoisotopic (exact) mass is 438 g/mol. The van der Waals surface area contributed by atoms with Crippen molar-refractivity contribution in [2.24, 2.45) is 5.92 Å². The highest BCUT2D eigenvalue weighted by Crippen LogP contribution is 2.42. The Kier molecular flexibility index (Phi) is 7.21. The van der Waals surface area contributed by atoms with E-state index < -0.39 is 11.6 Å². The standard InChI is InChI=1S/C26H36N3O3/c1-29(15-7-9-21-17-27-20-28-18-21)16-8-14-24(19-29)32-25(30)26(31,23-12-5-6-13-23)22-10-3-2-4-11-22/h2-4,10-11,17-18,20,23-24,31H,5-9,12-16,19H2,1H3/q+1. The number of esters is 1. The summed E-state index contributed by atoms with van der Waals surface area (Å²) in [6.07, 6.45) is 12.9. The number of quaternary nitrogens is 1. The summed E-state index contributed by atoms with van der Waals surface area (Å²) >= 11 is 0. The number of aryl methyl sites for hydroxylation is 1. The fraction of sp³-hybridized carbons (Fsp3) is 0.577. The molecule has 6 nitrogen and oxygen atoms in total. The second-order valence-corrected chi connectivity index (χ2v) is 9.88. The van der Waals surface area contributed by atoms with Gasteiger partial charge in [-0.3, -0.25) is 0 Å². The second-order valence-electron chi connectivity index (χ2n) is 9.88. The lowest BCUT2D eigenvalue weighted by Gasteiger charge is -2.42. The van der Waals surface area contributed by atoms with Crippen molar-refractivity contribution < 1.29 is 19.1 Å². The molecule has 1 N–H and O–H groups in total. The van der Waals surface area contributed by atoms with Crippen LogP contribution in [0.5, 0.6) is 0 Å². The van der Waals surface area contributed by atoms with E-state index in [2.05, 4.69) is 17.0 Å². The smallest absolute Gasteiger partial charge is 0.343 e. The predicted octanol–water partition coefficient (Wildman–Crippen LogP) is 3.64. The molecule has 1 aliphatic heterocycles. The molecule has 1 aliphatic carbocycles. The molecule has 2 aliphatic rings. The molecule has 2 heterocycles. The SMILES string of the molecule is C[N+]1(CCCc2cncnc2)CCCC(OC(=O)C(O)(c2ccccc2)C2CCCC2)C1. The van der Waals surface area contributed by atoms with E-state index in [1.165, 1.54) is 0 Å². The van der Waals surface area contributed by atoms with Gasteiger partial charge in [0.1, 0.15) is 12.9 Å². The highest BCUT2D eigenvalue weighted by molar-refractivity contribution is 5.81. The number of aliphatic hydroxyl groups is 1. The largest absolute Gasteiger partial charge is 0.454 e. The zero-order chi connectivity index (χ0) is 22.4. The molecule has 3 atom stereocenters. The van der Waals surface area contributed by atoms with Gasteiger partial charge in [0.15, 0.2) is 11.7 Å². The lowest BCUT2D eigenvalue weighted by atomic mass is 9.80. The van der Waals surface area contributed by atoms with Gasteiger partial charge in [0, 0.05) is 31.2 Å². The van der Waals surface area contributed by atoms with Gasteiger partial charge in [-0.15, -0.1) is 0 Å². The summed E-state index contributed by atoms with van der Waals surface area (Å²) in [5.41, 5.74) is 0.268. The van der Waals surface area contributed by atoms with Gasteiger partial charge in [0.2, 0.25) is 0 Å². The predicted molar refractivity (Wildman–Crippen MR) is 123 cm³/mol. The van der Waals surface area contributed by atoms with Gasteiger partial charge >= 0.3 is 5.97 Å². The maximum absolute atomic E-state index is 13.4. The fourth-order valence-electron chi connectivity index (χ4n) is 5.60. The van der Waals surface area contributed by atoms with Crippen LogP contribution in [-0.2, 0) is 21.6 Å². The molecular formula is C26H36N3O3+. The van der Waals surface area contributed by atoms with Crippen molar-refractivity contribution in [3.63, 3.8) is 0 Å². The summed E-state index contributed by atoms with van der Waals surface area (Å²) < 4.78 is 6.95. The zero-order valence-electron chi connectivity index (χ0n) is 19.2. The Hall–Kier alpha value is -2.31. The normalized spacial score (nSPS) is 25.9. The lowest BCUT2D eigenvalue weighted by Crippen LogP contribution is -2.55. The van der Waals surface area contributed by atoms with Crippen molar-refractivity contribution in [2.75, 3.05) is 26.7 Å². The molecule has 2 aromatic rings. The van der Waals surface area contributed by atoms with E-state index in [9.17, 15) is 9.90 Å². The van der Waals surface area contributed by atoms with Gasteiger partial charge in [0.05, 0.1) is 20.1 Å². The second kappa shape index (κ2) is 10.1. The van der Waals surface area contributed by atoms with E-state index >= 15 is 0 Å². The molecule has 2 fully saturated rings. The maximum atomic E-state index is 13.4. The van der Waals surface area contributed by atoms with Crippen LogP contribution in [0.3, 0.4) is 0 Å². The van der Waals surface area contributed by atoms with Gasteiger partial charge in [-0.1, -0.05) is 43.2 Å². The molecule has 6 heteroatoms. The van der Waals surface area contributed by atoms with Crippen LogP contribution in [0.15, 0.2) is 49.1 Å². The number of carbonyl (C=O) groups excluding carboxylic acids is 1. The summed E-state index contributed by atoms with van der Waals surface area (Å²) in [7, 11) is 2.25. The molecule has 172 valence electrons. The first-order valence-corrected chi connectivity index (χ1v) is 12.1. The number of hydrogen-bond donors (Lipinski definition) is 1. The molecule has 1 aromatic carbocycles. The van der Waals surface area contributed by atoms with E-state index in [-0.39, 0.29) is 12.0 Å². The number of nitrogens with zero attached hydrogens (tertiary/aromatic N) is 3. The van der Waals surface area contributed by atoms with E-state index in [4.69, 9.17) is 4.74 Å². The minimum atomic E-state index is -1.55. The van der Waals surface area contributed by atoms with Gasteiger partial charge in [-0.25, -0.2) is 14.8 Å². The van der Waals surface area contributed by atoms with Crippen molar-refractivity contribution in [1.82, 2.24) is 9.97 Å². The van der Waals surface area contributed by atoms with Crippen molar-refractivity contribution in [3.05, 3.63) is 60.2 Å². The molecule has 32 heavy (non-hydrogen) atoms. The molecule has 1 saturated heterocycles. The van der Waals surface area contributed by atoms with Gasteiger partial charge in [0.25, 0.3) is 0 Å². The molecular weight excluding hydrogens is 402 g/mol. The Bertz CT molecular complexity index is 872. The van der Waals surface area contributed by atoms with Gasteiger partial charge in [-0.05, 0) is 36.8 Å². The van der Waals surface area contributed by atoms with E-state index in [0.717, 1.165) is 81.0 Å². The molecule has 0 bridgehead atoms. The molecule has 0 amide bonds. The first-order valence-electron chi connectivity index (χ1n) is 12.1. The summed E-state index contributed by atoms with van der Waals surface area (Å²) in [5, 5.41) is 11.7. The highest BCUT2D eigenvalue weighted by Gasteiger charge is 2.49. The summed E-state index contributed by atoms with van der Waals surface area (Å²) in [6.45, 7) is 2.91. The molecule has 4 rings (SSSR count). The van der Waals surface area contributed by atoms with Gasteiger partial charge in [-0.2, -0.15) is 0 Å². The summed E-state index contributed by atoms with van der Waals surface area (Å²) in [6, 6.07) is 9.39. The van der Waals surface area contributed by atoms with E-state index in [0.29, 0.717) is 5.56 Å². The van der Waals surface area contributed by atoms with Crippen LogP contribution in [0.4, 0.5) is 0 Å². The minimum absolute atomic E-state index is 0.0741. The number of hydrogen-bond acceptors (Lipinski definition) is 5. The van der Waals surface area contributed by atoms with Crippen molar-refractivity contribution in [2.45, 2.75) is 63.1 Å². The number of carbonyl (C=O) groups is 1.